The van der Waals surface area contributed by atoms with Crippen molar-refractivity contribution in [2.45, 2.75) is 19.5 Å². The lowest BCUT2D eigenvalue weighted by molar-refractivity contribution is 0.582. The molecule has 17 heavy (non-hydrogen) atoms. The van der Waals surface area contributed by atoms with Gasteiger partial charge in [-0.05, 0) is 25.1 Å². The molecule has 0 unspecified atom stereocenters. The SMILES string of the molecule is C[C@H](N)Cn1ccnc1-c1cc(F)ccc1F. The largest absolute Gasteiger partial charge is 0.329 e. The van der Waals surface area contributed by atoms with Crippen molar-refractivity contribution >= 4 is 0 Å². The molecule has 90 valence electrons. The molecular weight excluding hydrogens is 224 g/mol. The fourth-order valence-corrected chi connectivity index (χ4v) is 1.68. The standard InChI is InChI=1S/C12H13F2N3/c1-8(15)7-17-5-4-16-12(17)10-6-9(13)2-3-11(10)14/h2-6,8H,7,15H2,1H3/t8-/m0/s1. The minimum absolute atomic E-state index is 0.0837. The molecule has 2 rings (SSSR count). The van der Waals surface area contributed by atoms with Crippen molar-refractivity contribution in [3.05, 3.63) is 42.2 Å². The van der Waals surface area contributed by atoms with Crippen LogP contribution >= 0.6 is 0 Å². The molecule has 3 nitrogen and oxygen atoms in total. The van der Waals surface area contributed by atoms with Crippen molar-refractivity contribution < 1.29 is 8.78 Å². The van der Waals surface area contributed by atoms with Crippen LogP contribution in [0.25, 0.3) is 11.4 Å². The minimum atomic E-state index is -0.497. The number of hydrogen-bond acceptors (Lipinski definition) is 2. The third kappa shape index (κ3) is 2.50. The minimum Gasteiger partial charge on any atom is -0.329 e. The zero-order chi connectivity index (χ0) is 12.4. The van der Waals surface area contributed by atoms with E-state index in [0.29, 0.717) is 12.4 Å². The van der Waals surface area contributed by atoms with Gasteiger partial charge in [0.05, 0.1) is 5.56 Å². The normalized spacial score (nSPS) is 12.7. The molecule has 0 aliphatic heterocycles. The lowest BCUT2D eigenvalue weighted by Gasteiger charge is -2.10. The number of aromatic nitrogens is 2. The van der Waals surface area contributed by atoms with E-state index in [0.717, 1.165) is 18.2 Å². The molecule has 0 aliphatic rings. The van der Waals surface area contributed by atoms with Gasteiger partial charge in [-0.15, -0.1) is 0 Å². The van der Waals surface area contributed by atoms with Crippen molar-refractivity contribution in [3.8, 4) is 11.4 Å². The molecule has 0 saturated carbocycles. The quantitative estimate of drug-likeness (QED) is 0.889. The number of benzene rings is 1. The Balaban J connectivity index is 2.45. The number of halogens is 2. The smallest absolute Gasteiger partial charge is 0.143 e. The Labute approximate surface area is 97.9 Å². The van der Waals surface area contributed by atoms with Gasteiger partial charge in [-0.1, -0.05) is 0 Å². The van der Waals surface area contributed by atoms with Crippen LogP contribution in [0.2, 0.25) is 0 Å². The van der Waals surface area contributed by atoms with Crippen molar-refractivity contribution in [1.82, 2.24) is 9.55 Å². The van der Waals surface area contributed by atoms with Gasteiger partial charge in [0, 0.05) is 25.0 Å². The summed E-state index contributed by atoms with van der Waals surface area (Å²) < 4.78 is 28.4. The summed E-state index contributed by atoms with van der Waals surface area (Å²) in [6.07, 6.45) is 3.24. The summed E-state index contributed by atoms with van der Waals surface area (Å²) in [6, 6.07) is 3.22. The zero-order valence-electron chi connectivity index (χ0n) is 9.40. The Kier molecular flexibility index (Phi) is 3.19. The molecule has 0 amide bonds. The van der Waals surface area contributed by atoms with Crippen LogP contribution in [-0.4, -0.2) is 15.6 Å². The van der Waals surface area contributed by atoms with E-state index in [4.69, 9.17) is 5.73 Å². The van der Waals surface area contributed by atoms with Crippen molar-refractivity contribution in [1.29, 1.82) is 0 Å². The number of nitrogens with two attached hydrogens (primary N) is 1. The Morgan fingerprint density at radius 2 is 2.18 bits per heavy atom. The van der Waals surface area contributed by atoms with Gasteiger partial charge in [-0.25, -0.2) is 13.8 Å². The second-order valence-electron chi connectivity index (χ2n) is 4.00. The monoisotopic (exact) mass is 237 g/mol. The number of hydrogen-bond donors (Lipinski definition) is 1. The summed E-state index contributed by atoms with van der Waals surface area (Å²) in [6.45, 7) is 2.34. The van der Waals surface area contributed by atoms with Crippen LogP contribution in [0, 0.1) is 11.6 Å². The van der Waals surface area contributed by atoms with Gasteiger partial charge < -0.3 is 10.3 Å². The van der Waals surface area contributed by atoms with E-state index >= 15 is 0 Å². The van der Waals surface area contributed by atoms with E-state index in [-0.39, 0.29) is 11.6 Å². The maximum atomic E-state index is 13.6. The Bertz CT molecular complexity index is 520. The molecule has 1 aromatic heterocycles. The molecule has 1 aromatic carbocycles. The predicted octanol–water partition coefficient (Wildman–Crippen LogP) is 2.18. The van der Waals surface area contributed by atoms with E-state index in [1.165, 1.54) is 0 Å². The summed E-state index contributed by atoms with van der Waals surface area (Å²) >= 11 is 0. The second kappa shape index (κ2) is 4.63. The fraction of sp³-hybridized carbons (Fsp3) is 0.250. The summed E-state index contributed by atoms with van der Waals surface area (Å²) in [4.78, 5) is 4.04. The van der Waals surface area contributed by atoms with Gasteiger partial charge in [-0.3, -0.25) is 0 Å². The molecule has 0 saturated heterocycles. The van der Waals surface area contributed by atoms with Gasteiger partial charge in [-0.2, -0.15) is 0 Å². The van der Waals surface area contributed by atoms with Crippen LogP contribution in [0.15, 0.2) is 30.6 Å². The predicted molar refractivity (Wildman–Crippen MR) is 61.2 cm³/mol. The topological polar surface area (TPSA) is 43.8 Å². The van der Waals surface area contributed by atoms with Crippen LogP contribution in [0.4, 0.5) is 8.78 Å². The Morgan fingerprint density at radius 3 is 2.88 bits per heavy atom. The van der Waals surface area contributed by atoms with Gasteiger partial charge in [0.1, 0.15) is 17.5 Å². The molecule has 0 aliphatic carbocycles. The summed E-state index contributed by atoms with van der Waals surface area (Å²) in [5, 5.41) is 0. The molecular formula is C12H13F2N3. The number of nitrogens with zero attached hydrogens (tertiary/aromatic N) is 2. The van der Waals surface area contributed by atoms with Crippen molar-refractivity contribution in [3.63, 3.8) is 0 Å². The highest BCUT2D eigenvalue weighted by molar-refractivity contribution is 5.56. The highest BCUT2D eigenvalue weighted by Gasteiger charge is 2.12. The first-order valence-corrected chi connectivity index (χ1v) is 5.30. The first-order valence-electron chi connectivity index (χ1n) is 5.30. The maximum absolute atomic E-state index is 13.6. The second-order valence-corrected chi connectivity index (χ2v) is 4.00. The molecule has 0 radical (unpaired) electrons. The highest BCUT2D eigenvalue weighted by Crippen LogP contribution is 2.22. The van der Waals surface area contributed by atoms with E-state index in [2.05, 4.69) is 4.98 Å². The zero-order valence-corrected chi connectivity index (χ0v) is 9.40. The van der Waals surface area contributed by atoms with Crippen LogP contribution in [0.5, 0.6) is 0 Å². The molecule has 1 heterocycles. The van der Waals surface area contributed by atoms with Crippen LogP contribution in [0.1, 0.15) is 6.92 Å². The van der Waals surface area contributed by atoms with Gasteiger partial charge in [0.25, 0.3) is 0 Å². The molecule has 0 spiro atoms. The number of rotatable bonds is 3. The summed E-state index contributed by atoms with van der Waals surface area (Å²) in [5.41, 5.74) is 5.83. The van der Waals surface area contributed by atoms with Gasteiger partial charge in [0.2, 0.25) is 0 Å². The van der Waals surface area contributed by atoms with Crippen molar-refractivity contribution in [2.75, 3.05) is 0 Å². The maximum Gasteiger partial charge on any atom is 0.143 e. The molecule has 5 heteroatoms. The molecule has 2 aromatic rings. The van der Waals surface area contributed by atoms with Crippen LogP contribution in [-0.2, 0) is 6.54 Å². The molecule has 0 bridgehead atoms. The Hall–Kier alpha value is -1.75. The molecule has 1 atom stereocenters. The average Bonchev–Trinajstić information content (AvgIpc) is 2.69. The van der Waals surface area contributed by atoms with E-state index < -0.39 is 11.6 Å². The summed E-state index contributed by atoms with van der Waals surface area (Å²) in [5.74, 6) is -0.598. The molecule has 0 fully saturated rings. The third-order valence-electron chi connectivity index (χ3n) is 2.37. The van der Waals surface area contributed by atoms with E-state index in [9.17, 15) is 8.78 Å². The first-order chi connectivity index (χ1) is 8.08. The van der Waals surface area contributed by atoms with Gasteiger partial charge in [0.15, 0.2) is 0 Å². The highest BCUT2D eigenvalue weighted by atomic mass is 19.1. The fourth-order valence-electron chi connectivity index (χ4n) is 1.68. The average molecular weight is 237 g/mol. The third-order valence-corrected chi connectivity index (χ3v) is 2.37. The van der Waals surface area contributed by atoms with Gasteiger partial charge >= 0.3 is 0 Å². The van der Waals surface area contributed by atoms with Crippen LogP contribution in [0.3, 0.4) is 0 Å². The Morgan fingerprint density at radius 1 is 1.41 bits per heavy atom. The molecule has 2 N–H and O–H groups in total. The summed E-state index contributed by atoms with van der Waals surface area (Å²) in [7, 11) is 0. The van der Waals surface area contributed by atoms with Crippen molar-refractivity contribution in [2.24, 2.45) is 5.73 Å². The van der Waals surface area contributed by atoms with Crippen LogP contribution < -0.4 is 5.73 Å². The lowest BCUT2D eigenvalue weighted by atomic mass is 10.2. The van der Waals surface area contributed by atoms with E-state index in [1.807, 2.05) is 6.92 Å². The number of imidazole rings is 1. The first kappa shape index (κ1) is 11.7. The lowest BCUT2D eigenvalue weighted by Crippen LogP contribution is -2.22. The van der Waals surface area contributed by atoms with E-state index in [1.54, 1.807) is 17.0 Å².